The Balaban J connectivity index is 2.12. The van der Waals surface area contributed by atoms with E-state index in [0.717, 1.165) is 5.56 Å². The van der Waals surface area contributed by atoms with E-state index in [1.807, 2.05) is 0 Å². The number of aliphatic hydroxyl groups is 1. The molecule has 2 aromatic rings. The van der Waals surface area contributed by atoms with Crippen molar-refractivity contribution < 1.29 is 19.4 Å². The zero-order valence-electron chi connectivity index (χ0n) is 15.4. The number of para-hydroxylation sites is 2. The molecule has 1 atom stereocenters. The molecule has 0 unspecified atom stereocenters. The molecule has 0 aliphatic carbocycles. The summed E-state index contributed by atoms with van der Waals surface area (Å²) < 4.78 is 5.24. The van der Waals surface area contributed by atoms with Crippen molar-refractivity contribution in [2.24, 2.45) is 0 Å². The van der Waals surface area contributed by atoms with Crippen molar-refractivity contribution in [3.8, 4) is 0 Å². The zero-order chi connectivity index (χ0) is 19.3. The SMILES string of the molecule is C[C@@H](O)c1ccc(C(=O)Nc2ccccc2NC(=O)OC(C)(C)C)cc1. The van der Waals surface area contributed by atoms with Crippen molar-refractivity contribution in [3.05, 3.63) is 59.7 Å². The first-order valence-corrected chi connectivity index (χ1v) is 8.34. The standard InChI is InChI=1S/C20H24N2O4/c1-13(23)14-9-11-15(12-10-14)18(24)21-16-7-5-6-8-17(16)22-19(25)26-20(2,3)4/h5-13,23H,1-4H3,(H,21,24)(H,22,25)/t13-/m1/s1. The maximum absolute atomic E-state index is 12.4. The highest BCUT2D eigenvalue weighted by Crippen LogP contribution is 2.23. The Kier molecular flexibility index (Phi) is 6.00. The second kappa shape index (κ2) is 8.01. The molecule has 0 fully saturated rings. The first-order valence-electron chi connectivity index (χ1n) is 8.34. The van der Waals surface area contributed by atoms with Gasteiger partial charge in [0.05, 0.1) is 17.5 Å². The van der Waals surface area contributed by atoms with E-state index in [4.69, 9.17) is 4.74 Å². The summed E-state index contributed by atoms with van der Waals surface area (Å²) in [6.45, 7) is 6.99. The molecule has 2 aromatic carbocycles. The summed E-state index contributed by atoms with van der Waals surface area (Å²) in [4.78, 5) is 24.4. The Bertz CT molecular complexity index is 777. The molecular weight excluding hydrogens is 332 g/mol. The van der Waals surface area contributed by atoms with Crippen LogP contribution in [0.1, 0.15) is 49.7 Å². The number of ether oxygens (including phenoxy) is 1. The van der Waals surface area contributed by atoms with Crippen molar-refractivity contribution in [3.63, 3.8) is 0 Å². The van der Waals surface area contributed by atoms with Crippen LogP contribution in [0.3, 0.4) is 0 Å². The summed E-state index contributed by atoms with van der Waals surface area (Å²) >= 11 is 0. The Labute approximate surface area is 153 Å². The van der Waals surface area contributed by atoms with E-state index in [1.54, 1.807) is 76.2 Å². The van der Waals surface area contributed by atoms with Crippen molar-refractivity contribution in [2.45, 2.75) is 39.4 Å². The minimum Gasteiger partial charge on any atom is -0.444 e. The summed E-state index contributed by atoms with van der Waals surface area (Å²) in [6, 6.07) is 13.6. The number of hydrogen-bond donors (Lipinski definition) is 3. The quantitative estimate of drug-likeness (QED) is 0.760. The molecule has 0 spiro atoms. The summed E-state index contributed by atoms with van der Waals surface area (Å²) in [5, 5.41) is 14.9. The summed E-state index contributed by atoms with van der Waals surface area (Å²) in [6.07, 6.45) is -1.19. The van der Waals surface area contributed by atoms with Crippen LogP contribution >= 0.6 is 0 Å². The van der Waals surface area contributed by atoms with Gasteiger partial charge >= 0.3 is 6.09 Å². The lowest BCUT2D eigenvalue weighted by Gasteiger charge is -2.20. The highest BCUT2D eigenvalue weighted by atomic mass is 16.6. The fraction of sp³-hybridized carbons (Fsp3) is 0.300. The smallest absolute Gasteiger partial charge is 0.412 e. The van der Waals surface area contributed by atoms with Gasteiger partial charge in [-0.3, -0.25) is 10.1 Å². The largest absolute Gasteiger partial charge is 0.444 e. The fourth-order valence-electron chi connectivity index (χ4n) is 2.22. The molecule has 26 heavy (non-hydrogen) atoms. The second-order valence-corrected chi connectivity index (χ2v) is 6.92. The predicted octanol–water partition coefficient (Wildman–Crippen LogP) is 4.34. The Morgan fingerprint density at radius 2 is 1.50 bits per heavy atom. The third kappa shape index (κ3) is 5.60. The molecule has 6 nitrogen and oxygen atoms in total. The third-order valence-electron chi connectivity index (χ3n) is 3.47. The van der Waals surface area contributed by atoms with Gasteiger partial charge < -0.3 is 15.2 Å². The molecule has 6 heteroatoms. The second-order valence-electron chi connectivity index (χ2n) is 6.92. The first-order chi connectivity index (χ1) is 12.2. The molecule has 0 radical (unpaired) electrons. The van der Waals surface area contributed by atoms with Gasteiger partial charge in [-0.2, -0.15) is 0 Å². The summed E-state index contributed by atoms with van der Waals surface area (Å²) in [7, 11) is 0. The van der Waals surface area contributed by atoms with Crippen molar-refractivity contribution >= 4 is 23.4 Å². The molecule has 0 bridgehead atoms. The van der Waals surface area contributed by atoms with Crippen molar-refractivity contribution in [2.75, 3.05) is 10.6 Å². The van der Waals surface area contributed by atoms with E-state index >= 15 is 0 Å². The van der Waals surface area contributed by atoms with Crippen LogP contribution in [0.4, 0.5) is 16.2 Å². The molecule has 138 valence electrons. The zero-order valence-corrected chi connectivity index (χ0v) is 15.4. The van der Waals surface area contributed by atoms with Crippen molar-refractivity contribution in [1.29, 1.82) is 0 Å². The van der Waals surface area contributed by atoms with Gasteiger partial charge in [-0.1, -0.05) is 24.3 Å². The van der Waals surface area contributed by atoms with Crippen LogP contribution in [0.5, 0.6) is 0 Å². The number of nitrogens with one attached hydrogen (secondary N) is 2. The topological polar surface area (TPSA) is 87.7 Å². The van der Waals surface area contributed by atoms with E-state index in [2.05, 4.69) is 10.6 Å². The van der Waals surface area contributed by atoms with Gasteiger partial charge in [0, 0.05) is 5.56 Å². The van der Waals surface area contributed by atoms with E-state index in [9.17, 15) is 14.7 Å². The molecule has 0 saturated heterocycles. The van der Waals surface area contributed by atoms with E-state index in [0.29, 0.717) is 16.9 Å². The number of anilines is 2. The number of amides is 2. The van der Waals surface area contributed by atoms with Crippen LogP contribution in [-0.2, 0) is 4.74 Å². The minimum atomic E-state index is -0.617. The van der Waals surface area contributed by atoms with Crippen LogP contribution in [0.15, 0.2) is 48.5 Å². The lowest BCUT2D eigenvalue weighted by molar-refractivity contribution is 0.0635. The molecule has 2 rings (SSSR count). The molecule has 2 amide bonds. The fourth-order valence-corrected chi connectivity index (χ4v) is 2.22. The summed E-state index contributed by atoms with van der Waals surface area (Å²) in [5.74, 6) is -0.319. The third-order valence-corrected chi connectivity index (χ3v) is 3.47. The number of benzene rings is 2. The van der Waals surface area contributed by atoms with E-state index < -0.39 is 17.8 Å². The lowest BCUT2D eigenvalue weighted by Crippen LogP contribution is -2.27. The highest BCUT2D eigenvalue weighted by molar-refractivity contribution is 6.06. The van der Waals surface area contributed by atoms with Gasteiger partial charge in [-0.05, 0) is 57.5 Å². The molecule has 0 aromatic heterocycles. The van der Waals surface area contributed by atoms with Gasteiger partial charge in [-0.15, -0.1) is 0 Å². The highest BCUT2D eigenvalue weighted by Gasteiger charge is 2.17. The normalized spacial score (nSPS) is 12.2. The predicted molar refractivity (Wildman–Crippen MR) is 101 cm³/mol. The maximum atomic E-state index is 12.4. The summed E-state index contributed by atoms with van der Waals surface area (Å²) in [5.41, 5.74) is 1.46. The minimum absolute atomic E-state index is 0.319. The van der Waals surface area contributed by atoms with E-state index in [-0.39, 0.29) is 5.91 Å². The number of rotatable bonds is 4. The number of aliphatic hydroxyl groups excluding tert-OH is 1. The Morgan fingerprint density at radius 1 is 0.962 bits per heavy atom. The van der Waals surface area contributed by atoms with Gasteiger partial charge in [0.25, 0.3) is 5.91 Å². The van der Waals surface area contributed by atoms with Crippen LogP contribution in [0.2, 0.25) is 0 Å². The van der Waals surface area contributed by atoms with Crippen LogP contribution in [0, 0.1) is 0 Å². The average Bonchev–Trinajstić information content (AvgIpc) is 2.55. The lowest BCUT2D eigenvalue weighted by atomic mass is 10.1. The number of carbonyl (C=O) groups is 2. The monoisotopic (exact) mass is 356 g/mol. The van der Waals surface area contributed by atoms with Gasteiger partial charge in [0.15, 0.2) is 0 Å². The van der Waals surface area contributed by atoms with Crippen LogP contribution in [0.25, 0.3) is 0 Å². The van der Waals surface area contributed by atoms with Crippen LogP contribution < -0.4 is 10.6 Å². The molecule has 0 aliphatic heterocycles. The van der Waals surface area contributed by atoms with Gasteiger partial charge in [0.2, 0.25) is 0 Å². The maximum Gasteiger partial charge on any atom is 0.412 e. The molecular formula is C20H24N2O4. The van der Waals surface area contributed by atoms with Crippen molar-refractivity contribution in [1.82, 2.24) is 0 Å². The first kappa shape index (κ1) is 19.5. The van der Waals surface area contributed by atoms with Gasteiger partial charge in [-0.25, -0.2) is 4.79 Å². The average molecular weight is 356 g/mol. The molecule has 0 saturated carbocycles. The number of carbonyl (C=O) groups excluding carboxylic acids is 2. The molecule has 3 N–H and O–H groups in total. The Morgan fingerprint density at radius 3 is 2.00 bits per heavy atom. The van der Waals surface area contributed by atoms with E-state index in [1.165, 1.54) is 0 Å². The number of hydrogen-bond acceptors (Lipinski definition) is 4. The Hall–Kier alpha value is -2.86. The van der Waals surface area contributed by atoms with Gasteiger partial charge in [0.1, 0.15) is 5.60 Å². The molecule has 0 aliphatic rings. The molecule has 0 heterocycles. The van der Waals surface area contributed by atoms with Crippen LogP contribution in [-0.4, -0.2) is 22.7 Å².